The Morgan fingerprint density at radius 3 is 2.23 bits per heavy atom. The summed E-state index contributed by atoms with van der Waals surface area (Å²) in [5, 5.41) is 4.03. The van der Waals surface area contributed by atoms with Crippen LogP contribution in [0.25, 0.3) is 0 Å². The van der Waals surface area contributed by atoms with Gasteiger partial charge in [-0.2, -0.15) is 13.2 Å². The molecule has 4 rings (SSSR count). The van der Waals surface area contributed by atoms with Crippen LogP contribution in [-0.4, -0.2) is 44.5 Å². The highest BCUT2D eigenvalue weighted by Gasteiger charge is 2.37. The zero-order valence-electron chi connectivity index (χ0n) is 21.3. The Morgan fingerprint density at radius 1 is 0.974 bits per heavy atom. The topological polar surface area (TPSA) is 105 Å². The number of carbonyl (C=O) groups excluding carboxylic acids is 2. The number of hydrogen-bond donors (Lipinski definition) is 2. The Hall–Kier alpha value is -2.96. The number of halogens is 3. The third-order valence-electron chi connectivity index (χ3n) is 7.13. The second-order valence-electron chi connectivity index (χ2n) is 9.87. The van der Waals surface area contributed by atoms with E-state index in [2.05, 4.69) is 10.1 Å². The molecule has 12 heteroatoms. The highest BCUT2D eigenvalue weighted by molar-refractivity contribution is 7.89. The molecule has 1 amide bonds. The summed E-state index contributed by atoms with van der Waals surface area (Å²) >= 11 is 0. The largest absolute Gasteiger partial charge is 0.462 e. The number of nitrogens with one attached hydrogen (secondary N) is 2. The van der Waals surface area contributed by atoms with Crippen LogP contribution in [0.2, 0.25) is 0 Å². The minimum Gasteiger partial charge on any atom is -0.462 e. The summed E-state index contributed by atoms with van der Waals surface area (Å²) < 4.78 is 71.4. The Morgan fingerprint density at radius 2 is 1.64 bits per heavy atom. The van der Waals surface area contributed by atoms with E-state index in [1.54, 1.807) is 30.3 Å². The molecule has 0 radical (unpaired) electrons. The van der Waals surface area contributed by atoms with E-state index in [1.165, 1.54) is 0 Å². The van der Waals surface area contributed by atoms with Crippen LogP contribution < -0.4 is 10.1 Å². The molecule has 1 aliphatic carbocycles. The molecule has 39 heavy (non-hydrogen) atoms. The molecule has 1 unspecified atom stereocenters. The van der Waals surface area contributed by atoms with E-state index in [0.717, 1.165) is 42.8 Å². The molecule has 0 aromatic heterocycles. The van der Waals surface area contributed by atoms with Gasteiger partial charge < -0.3 is 10.1 Å². The first kappa shape index (κ1) is 29.0. The van der Waals surface area contributed by atoms with Gasteiger partial charge in [-0.25, -0.2) is 8.42 Å². The molecule has 2 atom stereocenters. The van der Waals surface area contributed by atoms with Crippen molar-refractivity contribution in [2.24, 2.45) is 5.92 Å². The van der Waals surface area contributed by atoms with E-state index in [9.17, 15) is 31.2 Å². The SMILES string of the molecule is O=C(OC[C@H](c1ccccc1)N(NS(=O)(=O)c1ccc(C(F)(F)F)cc1)C(=O)C1CCCCC1)C1CCCN1. The van der Waals surface area contributed by atoms with Crippen molar-refractivity contribution in [1.29, 1.82) is 0 Å². The number of amides is 1. The fourth-order valence-electron chi connectivity index (χ4n) is 4.96. The van der Waals surface area contributed by atoms with Gasteiger partial charge in [-0.15, -0.1) is 4.83 Å². The molecule has 1 saturated heterocycles. The van der Waals surface area contributed by atoms with E-state index in [-0.39, 0.29) is 6.61 Å². The van der Waals surface area contributed by atoms with Crippen molar-refractivity contribution < 1.29 is 35.9 Å². The van der Waals surface area contributed by atoms with E-state index < -0.39 is 56.5 Å². The normalized spacial score (nSPS) is 19.4. The van der Waals surface area contributed by atoms with Crippen molar-refractivity contribution in [3.8, 4) is 0 Å². The third kappa shape index (κ3) is 7.37. The number of nitrogens with zero attached hydrogens (tertiary/aromatic N) is 1. The Labute approximate surface area is 225 Å². The summed E-state index contributed by atoms with van der Waals surface area (Å²) in [6.45, 7) is 0.371. The van der Waals surface area contributed by atoms with Gasteiger partial charge in [0.05, 0.1) is 10.5 Å². The zero-order chi connectivity index (χ0) is 28.0. The summed E-state index contributed by atoms with van der Waals surface area (Å²) in [5.41, 5.74) is -0.463. The molecular weight excluding hydrogens is 535 g/mol. The lowest BCUT2D eigenvalue weighted by molar-refractivity contribution is -0.152. The van der Waals surface area contributed by atoms with Crippen LogP contribution in [-0.2, 0) is 30.5 Å². The summed E-state index contributed by atoms with van der Waals surface area (Å²) in [6, 6.07) is 10.1. The van der Waals surface area contributed by atoms with E-state index in [1.807, 2.05) is 0 Å². The molecule has 2 aromatic rings. The van der Waals surface area contributed by atoms with Gasteiger partial charge in [0, 0.05) is 5.92 Å². The van der Waals surface area contributed by atoms with Crippen molar-refractivity contribution in [2.75, 3.05) is 13.2 Å². The first-order chi connectivity index (χ1) is 18.6. The maximum absolute atomic E-state index is 13.8. The molecule has 1 heterocycles. The molecule has 1 aliphatic heterocycles. The highest BCUT2D eigenvalue weighted by atomic mass is 32.2. The number of rotatable bonds is 9. The molecular formula is C27H32F3N3O5S. The summed E-state index contributed by atoms with van der Waals surface area (Å²) in [5.74, 6) is -1.43. The predicted molar refractivity (Wildman–Crippen MR) is 136 cm³/mol. The van der Waals surface area contributed by atoms with Gasteiger partial charge in [0.25, 0.3) is 10.0 Å². The van der Waals surface area contributed by atoms with Gasteiger partial charge in [-0.05, 0) is 62.1 Å². The van der Waals surface area contributed by atoms with Crippen LogP contribution in [0.5, 0.6) is 0 Å². The molecule has 8 nitrogen and oxygen atoms in total. The van der Waals surface area contributed by atoms with Crippen molar-refractivity contribution in [3.63, 3.8) is 0 Å². The number of esters is 1. The molecule has 2 aliphatic rings. The smallest absolute Gasteiger partial charge is 0.416 e. The number of sulfonamides is 1. The van der Waals surface area contributed by atoms with Crippen LogP contribution in [0.3, 0.4) is 0 Å². The third-order valence-corrected chi connectivity index (χ3v) is 8.46. The van der Waals surface area contributed by atoms with Gasteiger partial charge in [0.1, 0.15) is 18.7 Å². The summed E-state index contributed by atoms with van der Waals surface area (Å²) in [6.07, 6.45) is 0.545. The van der Waals surface area contributed by atoms with Crippen LogP contribution in [0.15, 0.2) is 59.5 Å². The lowest BCUT2D eigenvalue weighted by atomic mass is 9.88. The first-order valence-electron chi connectivity index (χ1n) is 13.0. The average molecular weight is 568 g/mol. The predicted octanol–water partition coefficient (Wildman–Crippen LogP) is 4.34. The zero-order valence-corrected chi connectivity index (χ0v) is 22.1. The van der Waals surface area contributed by atoms with Crippen LogP contribution in [0.4, 0.5) is 13.2 Å². The molecule has 212 valence electrons. The number of hydrazine groups is 1. The highest BCUT2D eigenvalue weighted by Crippen LogP contribution is 2.32. The standard InChI is InChI=1S/C27H32F3N3O5S/c28-27(29,30)21-13-15-22(16-14-21)39(36,37)32-33(25(34)20-10-5-2-6-11-20)24(19-8-3-1-4-9-19)18-38-26(35)23-12-7-17-31-23/h1,3-4,8-9,13-16,20,23-24,31-32H,2,5-7,10-12,17-18H2/t23?,24-/m1/s1. The van der Waals surface area contributed by atoms with Gasteiger partial charge in [0.2, 0.25) is 5.91 Å². The van der Waals surface area contributed by atoms with Crippen molar-refractivity contribution in [2.45, 2.75) is 68.1 Å². The van der Waals surface area contributed by atoms with Crippen molar-refractivity contribution in [3.05, 3.63) is 65.7 Å². The van der Waals surface area contributed by atoms with E-state index in [0.29, 0.717) is 43.5 Å². The van der Waals surface area contributed by atoms with E-state index >= 15 is 0 Å². The van der Waals surface area contributed by atoms with Crippen LogP contribution >= 0.6 is 0 Å². The Balaban J connectivity index is 1.66. The van der Waals surface area contributed by atoms with Gasteiger partial charge in [0.15, 0.2) is 0 Å². The number of hydrogen-bond acceptors (Lipinski definition) is 6. The van der Waals surface area contributed by atoms with Gasteiger partial charge in [-0.1, -0.05) is 49.6 Å². The van der Waals surface area contributed by atoms with Gasteiger partial charge in [-0.3, -0.25) is 14.6 Å². The molecule has 2 fully saturated rings. The Bertz CT molecular complexity index is 1230. The number of carbonyl (C=O) groups is 2. The first-order valence-corrected chi connectivity index (χ1v) is 14.5. The molecule has 2 aromatic carbocycles. The summed E-state index contributed by atoms with van der Waals surface area (Å²) in [4.78, 5) is 28.4. The number of alkyl halides is 3. The minimum atomic E-state index is -4.63. The van der Waals surface area contributed by atoms with Crippen molar-refractivity contribution >= 4 is 21.9 Å². The summed E-state index contributed by atoms with van der Waals surface area (Å²) in [7, 11) is -4.48. The maximum Gasteiger partial charge on any atom is 0.416 e. The molecule has 1 saturated carbocycles. The average Bonchev–Trinajstić information content (AvgIpc) is 3.48. The van der Waals surface area contributed by atoms with Crippen LogP contribution in [0.1, 0.15) is 62.1 Å². The quantitative estimate of drug-likeness (QED) is 0.345. The van der Waals surface area contributed by atoms with Crippen LogP contribution in [0, 0.1) is 5.92 Å². The number of ether oxygens (including phenoxy) is 1. The molecule has 2 N–H and O–H groups in total. The van der Waals surface area contributed by atoms with Crippen molar-refractivity contribution in [1.82, 2.24) is 15.2 Å². The fraction of sp³-hybridized carbons (Fsp3) is 0.481. The molecule has 0 spiro atoms. The second kappa shape index (κ2) is 12.5. The fourth-order valence-corrected chi connectivity index (χ4v) is 6.03. The number of benzene rings is 2. The monoisotopic (exact) mass is 567 g/mol. The Kier molecular flexibility index (Phi) is 9.29. The second-order valence-corrected chi connectivity index (χ2v) is 11.5. The minimum absolute atomic E-state index is 0.310. The lowest BCUT2D eigenvalue weighted by Gasteiger charge is -2.35. The molecule has 0 bridgehead atoms. The van der Waals surface area contributed by atoms with E-state index in [4.69, 9.17) is 4.74 Å². The lowest BCUT2D eigenvalue weighted by Crippen LogP contribution is -2.52. The van der Waals surface area contributed by atoms with Gasteiger partial charge >= 0.3 is 12.1 Å². The maximum atomic E-state index is 13.8.